The Labute approximate surface area is 155 Å². The van der Waals surface area contributed by atoms with Gasteiger partial charge in [0.15, 0.2) is 0 Å². The fourth-order valence-corrected chi connectivity index (χ4v) is 6.27. The van der Waals surface area contributed by atoms with Crippen LogP contribution in [0.5, 0.6) is 5.75 Å². The van der Waals surface area contributed by atoms with Gasteiger partial charge in [-0.05, 0) is 63.8 Å². The monoisotopic (exact) mass is 411 g/mol. The Morgan fingerprint density at radius 3 is 2.65 bits per heavy atom. The van der Waals surface area contributed by atoms with Crippen LogP contribution in [-0.4, -0.2) is 40.1 Å². The number of hydrogen-bond acceptors (Lipinski definition) is 3. The Morgan fingerprint density at radius 1 is 1.26 bits per heavy atom. The zero-order valence-electron chi connectivity index (χ0n) is 13.9. The van der Waals surface area contributed by atoms with E-state index in [9.17, 15) is 0 Å². The molecular weight excluding hydrogens is 389 g/mol. The molecule has 0 fully saturated rings. The highest BCUT2D eigenvalue weighted by Gasteiger charge is 2.37. The normalized spacial score (nSPS) is 21.2. The molecule has 0 N–H and O–H groups in total. The summed E-state index contributed by atoms with van der Waals surface area (Å²) in [6.07, 6.45) is 1.88. The van der Waals surface area contributed by atoms with Crippen molar-refractivity contribution in [2.75, 3.05) is 20.6 Å². The molecule has 1 aliphatic rings. The minimum absolute atomic E-state index is 0.624. The first-order valence-corrected chi connectivity index (χ1v) is 15.6. The van der Waals surface area contributed by atoms with Crippen LogP contribution in [0.4, 0.5) is 0 Å². The zero-order chi connectivity index (χ0) is 17.1. The largest absolute Gasteiger partial charge is 0.520 e. The van der Waals surface area contributed by atoms with Crippen molar-refractivity contribution in [1.29, 1.82) is 0 Å². The van der Waals surface area contributed by atoms with Crippen LogP contribution in [0.25, 0.3) is 0 Å². The van der Waals surface area contributed by atoms with E-state index in [0.717, 1.165) is 36.7 Å². The van der Waals surface area contributed by atoms with E-state index in [1.807, 2.05) is 6.07 Å². The van der Waals surface area contributed by atoms with Gasteiger partial charge in [-0.15, -0.1) is 33.2 Å². The van der Waals surface area contributed by atoms with Crippen molar-refractivity contribution in [2.24, 2.45) is 0 Å². The Hall–Kier alpha value is 0.244. The van der Waals surface area contributed by atoms with Gasteiger partial charge in [0.05, 0.1) is 6.61 Å². The second-order valence-corrected chi connectivity index (χ2v) is 19.0. The maximum Gasteiger partial charge on any atom is 0.395 e. The van der Waals surface area contributed by atoms with E-state index in [1.54, 1.807) is 0 Å². The number of halogens is 3. The van der Waals surface area contributed by atoms with Crippen molar-refractivity contribution in [3.05, 3.63) is 29.3 Å². The van der Waals surface area contributed by atoms with Crippen molar-refractivity contribution < 1.29 is 8.85 Å². The third-order valence-electron chi connectivity index (χ3n) is 3.92. The Bertz CT molecular complexity index is 540. The van der Waals surface area contributed by atoms with Gasteiger partial charge in [-0.25, -0.2) is 0 Å². The average Bonchev–Trinajstić information content (AvgIpc) is 2.43. The van der Waals surface area contributed by atoms with Crippen LogP contribution in [0.3, 0.4) is 0 Å². The molecule has 2 rings (SSSR count). The number of nitrogens with zero attached hydrogens (tertiary/aromatic N) is 1. The first-order valence-electron chi connectivity index (χ1n) is 7.83. The lowest BCUT2D eigenvalue weighted by molar-refractivity contribution is 0.203. The van der Waals surface area contributed by atoms with E-state index in [2.05, 4.69) is 37.7 Å². The van der Waals surface area contributed by atoms with Crippen molar-refractivity contribution in [1.82, 2.24) is 4.90 Å². The van der Waals surface area contributed by atoms with Crippen molar-refractivity contribution in [2.45, 2.75) is 38.1 Å². The molecule has 0 aliphatic carbocycles. The fourth-order valence-electron chi connectivity index (χ4n) is 2.62. The molecule has 1 unspecified atom stereocenters. The SMILES string of the molecule is CN(C)CCC[Si]1(C)OCc2cc(CC[Si](Cl)(Cl)Cl)ccc2O1. The van der Waals surface area contributed by atoms with E-state index in [-0.39, 0.29) is 0 Å². The predicted octanol–water partition coefficient (Wildman–Crippen LogP) is 4.82. The third-order valence-corrected chi connectivity index (χ3v) is 9.10. The first kappa shape index (κ1) is 19.6. The average molecular weight is 413 g/mol. The lowest BCUT2D eigenvalue weighted by Gasteiger charge is -2.34. The molecule has 130 valence electrons. The molecule has 0 amide bonds. The Balaban J connectivity index is 1.96. The molecule has 23 heavy (non-hydrogen) atoms. The van der Waals surface area contributed by atoms with E-state index in [4.69, 9.17) is 42.1 Å². The summed E-state index contributed by atoms with van der Waals surface area (Å²) in [5, 5.41) is 0. The van der Waals surface area contributed by atoms with Gasteiger partial charge in [0.1, 0.15) is 5.75 Å². The van der Waals surface area contributed by atoms with E-state index >= 15 is 0 Å². The highest BCUT2D eigenvalue weighted by molar-refractivity contribution is 7.64. The van der Waals surface area contributed by atoms with Gasteiger partial charge >= 0.3 is 14.6 Å². The van der Waals surface area contributed by atoms with E-state index < -0.39 is 14.6 Å². The highest BCUT2D eigenvalue weighted by Crippen LogP contribution is 2.33. The molecule has 0 aromatic heterocycles. The maximum atomic E-state index is 6.23. The number of rotatable bonds is 7. The summed E-state index contributed by atoms with van der Waals surface area (Å²) in [4.78, 5) is 2.19. The number of hydrogen-bond donors (Lipinski definition) is 0. The molecule has 1 atom stereocenters. The Kier molecular flexibility index (Phi) is 6.88. The van der Waals surface area contributed by atoms with Gasteiger partial charge in [-0.2, -0.15) is 0 Å². The number of aryl methyl sites for hydroxylation is 1. The number of fused-ring (bicyclic) bond motifs is 1. The number of benzene rings is 1. The molecule has 0 saturated carbocycles. The predicted molar refractivity (Wildman–Crippen MR) is 103 cm³/mol. The summed E-state index contributed by atoms with van der Waals surface area (Å²) < 4.78 is 12.3. The minimum Gasteiger partial charge on any atom is -0.520 e. The van der Waals surface area contributed by atoms with E-state index in [0.29, 0.717) is 12.7 Å². The summed E-state index contributed by atoms with van der Waals surface area (Å²) >= 11 is 17.9. The van der Waals surface area contributed by atoms with Crippen molar-refractivity contribution in [3.63, 3.8) is 0 Å². The maximum absolute atomic E-state index is 6.23. The standard InChI is InChI=1S/C15H24Cl3NO2Si2/c1-19(2)8-4-9-22(3)20-12-14-11-13(5-6-15(14)21-22)7-10-23(16,17)18/h5-6,11H,4,7-10,12H2,1-3H3. The lowest BCUT2D eigenvalue weighted by Crippen LogP contribution is -2.45. The second-order valence-electron chi connectivity index (χ2n) is 6.49. The van der Waals surface area contributed by atoms with Gasteiger partial charge in [0, 0.05) is 11.6 Å². The van der Waals surface area contributed by atoms with Crippen LogP contribution in [-0.2, 0) is 17.5 Å². The van der Waals surface area contributed by atoms with Crippen LogP contribution in [0, 0.1) is 0 Å². The van der Waals surface area contributed by atoms with Gasteiger partial charge in [-0.1, -0.05) is 6.07 Å². The highest BCUT2D eigenvalue weighted by atomic mass is 35.8. The molecular formula is C15H24Cl3NO2Si2. The van der Waals surface area contributed by atoms with Gasteiger partial charge in [0.2, 0.25) is 0 Å². The van der Waals surface area contributed by atoms with Gasteiger partial charge in [-0.3, -0.25) is 0 Å². The van der Waals surface area contributed by atoms with Crippen LogP contribution in [0.2, 0.25) is 18.6 Å². The third kappa shape index (κ3) is 6.57. The molecule has 1 aromatic rings. The molecule has 1 heterocycles. The van der Waals surface area contributed by atoms with Gasteiger partial charge in [0.25, 0.3) is 0 Å². The molecule has 8 heteroatoms. The summed E-state index contributed by atoms with van der Waals surface area (Å²) in [5.74, 6) is 0.963. The molecule has 1 aromatic carbocycles. The van der Waals surface area contributed by atoms with Crippen molar-refractivity contribution >= 4 is 47.8 Å². The summed E-state index contributed by atoms with van der Waals surface area (Å²) in [6, 6.07) is 5.31. The molecule has 1 aliphatic heterocycles. The quantitative estimate of drug-likeness (QED) is 0.473. The molecule has 3 nitrogen and oxygen atoms in total. The van der Waals surface area contributed by atoms with Crippen LogP contribution >= 0.6 is 33.2 Å². The van der Waals surface area contributed by atoms with Crippen molar-refractivity contribution in [3.8, 4) is 5.75 Å². The van der Waals surface area contributed by atoms with Crippen LogP contribution < -0.4 is 4.43 Å². The lowest BCUT2D eigenvalue weighted by atomic mass is 10.1. The molecule has 0 spiro atoms. The van der Waals surface area contributed by atoms with E-state index in [1.165, 1.54) is 5.56 Å². The topological polar surface area (TPSA) is 21.7 Å². The molecule has 0 saturated heterocycles. The summed E-state index contributed by atoms with van der Waals surface area (Å²) in [7, 11) is 2.07. The Morgan fingerprint density at radius 2 is 2.00 bits per heavy atom. The van der Waals surface area contributed by atoms with Crippen LogP contribution in [0.1, 0.15) is 17.5 Å². The summed E-state index contributed by atoms with van der Waals surface area (Å²) in [5.41, 5.74) is 2.28. The molecule has 0 radical (unpaired) electrons. The fraction of sp³-hybridized carbons (Fsp3) is 0.600. The molecule has 0 bridgehead atoms. The first-order chi connectivity index (χ1) is 10.7. The second kappa shape index (κ2) is 8.08. The summed E-state index contributed by atoms with van der Waals surface area (Å²) in [6.45, 7) is 3.83. The zero-order valence-corrected chi connectivity index (χ0v) is 18.1. The van der Waals surface area contributed by atoms with Crippen LogP contribution in [0.15, 0.2) is 18.2 Å². The smallest absolute Gasteiger partial charge is 0.395 e. The minimum atomic E-state index is -2.57. The van der Waals surface area contributed by atoms with Gasteiger partial charge < -0.3 is 13.8 Å².